The first kappa shape index (κ1) is 18.6. The molecule has 26 heavy (non-hydrogen) atoms. The number of carbonyl (C=O) groups excluding carboxylic acids is 1. The molecule has 0 saturated carbocycles. The van der Waals surface area contributed by atoms with E-state index in [-0.39, 0.29) is 18.1 Å². The molecule has 3 rings (SSSR count). The van der Waals surface area contributed by atoms with E-state index >= 15 is 0 Å². The number of hydrogen-bond donors (Lipinski definition) is 1. The van der Waals surface area contributed by atoms with Crippen LogP contribution in [-0.2, 0) is 11.2 Å². The van der Waals surface area contributed by atoms with Crippen LogP contribution in [0.1, 0.15) is 57.0 Å². The monoisotopic (exact) mass is 375 g/mol. The quantitative estimate of drug-likeness (QED) is 0.786. The van der Waals surface area contributed by atoms with E-state index in [4.69, 9.17) is 9.47 Å². The third-order valence-corrected chi connectivity index (χ3v) is 5.44. The van der Waals surface area contributed by atoms with Crippen molar-refractivity contribution in [3.63, 3.8) is 0 Å². The maximum atomic E-state index is 12.2. The minimum absolute atomic E-state index is 0.0971. The zero-order valence-corrected chi connectivity index (χ0v) is 16.5. The molecule has 0 bridgehead atoms. The Hall–Kier alpha value is -2.15. The highest BCUT2D eigenvalue weighted by molar-refractivity contribution is 7.15. The number of anilines is 1. The summed E-state index contributed by atoms with van der Waals surface area (Å²) in [5.74, 6) is 1.46. The Morgan fingerprint density at radius 3 is 2.85 bits per heavy atom. The van der Waals surface area contributed by atoms with Crippen molar-refractivity contribution in [3.05, 3.63) is 28.8 Å². The van der Waals surface area contributed by atoms with Crippen LogP contribution >= 0.6 is 11.3 Å². The van der Waals surface area contributed by atoms with Crippen LogP contribution in [0.25, 0.3) is 0 Å². The average molecular weight is 375 g/mol. The van der Waals surface area contributed by atoms with E-state index < -0.39 is 0 Å². The van der Waals surface area contributed by atoms with Gasteiger partial charge in [0.15, 0.2) is 18.1 Å². The fourth-order valence-electron chi connectivity index (χ4n) is 3.09. The minimum Gasteiger partial charge on any atom is -0.483 e. The van der Waals surface area contributed by atoms with E-state index in [1.165, 1.54) is 11.3 Å². The molecular formula is C19H25N3O3S. The Labute approximate surface area is 157 Å². The molecule has 1 aromatic heterocycles. The minimum atomic E-state index is -0.257. The fourth-order valence-corrected chi connectivity index (χ4v) is 4.11. The summed E-state index contributed by atoms with van der Waals surface area (Å²) in [5, 5.41) is 12.5. The second kappa shape index (κ2) is 7.61. The molecule has 0 aliphatic carbocycles. The largest absolute Gasteiger partial charge is 0.483 e. The fraction of sp³-hybridized carbons (Fsp3) is 0.526. The van der Waals surface area contributed by atoms with E-state index in [9.17, 15) is 4.79 Å². The smallest absolute Gasteiger partial charge is 0.264 e. The molecule has 0 unspecified atom stereocenters. The Kier molecular flexibility index (Phi) is 5.46. The predicted octanol–water partition coefficient (Wildman–Crippen LogP) is 4.17. The molecule has 140 valence electrons. The highest BCUT2D eigenvalue weighted by atomic mass is 32.1. The number of carbonyl (C=O) groups is 1. The predicted molar refractivity (Wildman–Crippen MR) is 102 cm³/mol. The molecule has 0 radical (unpaired) electrons. The van der Waals surface area contributed by atoms with Gasteiger partial charge in [0, 0.05) is 17.9 Å². The van der Waals surface area contributed by atoms with Crippen LogP contribution in [0, 0.1) is 0 Å². The number of para-hydroxylation sites is 1. The topological polar surface area (TPSA) is 73.3 Å². The molecule has 0 saturated heterocycles. The molecule has 2 aromatic rings. The van der Waals surface area contributed by atoms with Crippen LogP contribution in [0.15, 0.2) is 18.2 Å². The molecule has 7 heteroatoms. The van der Waals surface area contributed by atoms with Crippen molar-refractivity contribution in [2.75, 3.05) is 11.9 Å². The van der Waals surface area contributed by atoms with Gasteiger partial charge in [0.25, 0.3) is 5.91 Å². The summed E-state index contributed by atoms with van der Waals surface area (Å²) in [6.45, 7) is 8.24. The maximum Gasteiger partial charge on any atom is 0.264 e. The van der Waals surface area contributed by atoms with Crippen LogP contribution in [0.2, 0.25) is 0 Å². The Morgan fingerprint density at radius 2 is 2.12 bits per heavy atom. The van der Waals surface area contributed by atoms with Crippen LogP contribution in [0.3, 0.4) is 0 Å². The summed E-state index contributed by atoms with van der Waals surface area (Å²) >= 11 is 1.43. The molecule has 0 fully saturated rings. The van der Waals surface area contributed by atoms with Crippen LogP contribution in [-0.4, -0.2) is 28.3 Å². The van der Waals surface area contributed by atoms with Gasteiger partial charge >= 0.3 is 0 Å². The highest BCUT2D eigenvalue weighted by Gasteiger charge is 2.32. The van der Waals surface area contributed by atoms with Crippen molar-refractivity contribution in [1.82, 2.24) is 10.2 Å². The summed E-state index contributed by atoms with van der Waals surface area (Å²) in [6, 6.07) is 5.77. The van der Waals surface area contributed by atoms with Gasteiger partial charge in [-0.15, -0.1) is 10.2 Å². The van der Waals surface area contributed by atoms with Crippen molar-refractivity contribution in [1.29, 1.82) is 0 Å². The molecule has 0 atom stereocenters. The number of hydrogen-bond acceptors (Lipinski definition) is 6. The van der Waals surface area contributed by atoms with Gasteiger partial charge in [0.05, 0.1) is 0 Å². The summed E-state index contributed by atoms with van der Waals surface area (Å²) in [5.41, 5.74) is 0.856. The number of rotatable bonds is 7. The summed E-state index contributed by atoms with van der Waals surface area (Å²) in [7, 11) is 0. The average Bonchev–Trinajstić information content (AvgIpc) is 3.17. The number of ether oxygens (including phenoxy) is 2. The van der Waals surface area contributed by atoms with Gasteiger partial charge in [-0.2, -0.15) is 0 Å². The summed E-state index contributed by atoms with van der Waals surface area (Å²) < 4.78 is 11.6. The normalized spacial score (nSPS) is 14.8. The molecule has 1 amide bonds. The van der Waals surface area contributed by atoms with Gasteiger partial charge in [-0.25, -0.2) is 0 Å². The SMILES string of the molecule is CCC(CC)c1nnc(NC(=O)COc2cccc3c2OC(C)(C)C3)s1. The Bertz CT molecular complexity index is 784. The van der Waals surface area contributed by atoms with Crippen molar-refractivity contribution in [3.8, 4) is 11.5 Å². The number of amides is 1. The molecule has 1 aliphatic heterocycles. The first-order valence-corrected chi connectivity index (χ1v) is 9.80. The number of fused-ring (bicyclic) bond motifs is 1. The summed E-state index contributed by atoms with van der Waals surface area (Å²) in [4.78, 5) is 12.2. The number of nitrogens with one attached hydrogen (secondary N) is 1. The van der Waals surface area contributed by atoms with E-state index in [2.05, 4.69) is 29.4 Å². The molecular weight excluding hydrogens is 350 g/mol. The lowest BCUT2D eigenvalue weighted by atomic mass is 10.0. The van der Waals surface area contributed by atoms with Gasteiger partial charge in [-0.1, -0.05) is 37.3 Å². The van der Waals surface area contributed by atoms with Crippen molar-refractivity contribution in [2.24, 2.45) is 0 Å². The zero-order chi connectivity index (χ0) is 18.7. The second-order valence-electron chi connectivity index (χ2n) is 7.08. The lowest BCUT2D eigenvalue weighted by Gasteiger charge is -2.18. The van der Waals surface area contributed by atoms with Gasteiger partial charge < -0.3 is 9.47 Å². The van der Waals surface area contributed by atoms with E-state index in [1.807, 2.05) is 32.0 Å². The third kappa shape index (κ3) is 4.15. The maximum absolute atomic E-state index is 12.2. The van der Waals surface area contributed by atoms with Crippen molar-refractivity contribution >= 4 is 22.4 Å². The van der Waals surface area contributed by atoms with Crippen molar-refractivity contribution in [2.45, 2.75) is 58.5 Å². The molecule has 0 spiro atoms. The van der Waals surface area contributed by atoms with E-state index in [0.717, 1.165) is 35.6 Å². The standard InChI is InChI=1S/C19H25N3O3S/c1-5-12(6-2)17-21-22-18(26-17)20-15(23)11-24-14-9-7-8-13-10-19(3,4)25-16(13)14/h7-9,12H,5-6,10-11H2,1-4H3,(H,20,22,23). The van der Waals surface area contributed by atoms with Crippen LogP contribution < -0.4 is 14.8 Å². The van der Waals surface area contributed by atoms with Crippen LogP contribution in [0.4, 0.5) is 5.13 Å². The number of benzene rings is 1. The molecule has 1 aliphatic rings. The summed E-state index contributed by atoms with van der Waals surface area (Å²) in [6.07, 6.45) is 2.85. The van der Waals surface area contributed by atoms with Gasteiger partial charge in [-0.05, 0) is 32.8 Å². The zero-order valence-electron chi connectivity index (χ0n) is 15.7. The Morgan fingerprint density at radius 1 is 1.35 bits per heavy atom. The first-order chi connectivity index (χ1) is 12.4. The third-order valence-electron chi connectivity index (χ3n) is 4.44. The van der Waals surface area contributed by atoms with Gasteiger partial charge in [-0.3, -0.25) is 10.1 Å². The second-order valence-corrected chi connectivity index (χ2v) is 8.09. The lowest BCUT2D eigenvalue weighted by Crippen LogP contribution is -2.25. The van der Waals surface area contributed by atoms with Gasteiger partial charge in [0.1, 0.15) is 10.6 Å². The lowest BCUT2D eigenvalue weighted by molar-refractivity contribution is -0.118. The van der Waals surface area contributed by atoms with Crippen molar-refractivity contribution < 1.29 is 14.3 Å². The molecule has 2 heterocycles. The van der Waals surface area contributed by atoms with E-state index in [1.54, 1.807) is 0 Å². The van der Waals surface area contributed by atoms with Crippen LogP contribution in [0.5, 0.6) is 11.5 Å². The van der Waals surface area contributed by atoms with E-state index in [0.29, 0.717) is 16.8 Å². The number of nitrogens with zero attached hydrogens (tertiary/aromatic N) is 2. The first-order valence-electron chi connectivity index (χ1n) is 8.98. The molecule has 1 N–H and O–H groups in total. The van der Waals surface area contributed by atoms with Gasteiger partial charge in [0.2, 0.25) is 5.13 Å². The molecule has 1 aromatic carbocycles. The molecule has 6 nitrogen and oxygen atoms in total. The highest BCUT2D eigenvalue weighted by Crippen LogP contribution is 2.41. The Balaban J connectivity index is 1.58. The number of aromatic nitrogens is 2.